The van der Waals surface area contributed by atoms with Crippen LogP contribution in [0.4, 0.5) is 5.69 Å². The number of nitrogens with one attached hydrogen (secondary N) is 2. The second-order valence-electron chi connectivity index (χ2n) is 7.03. The van der Waals surface area contributed by atoms with Gasteiger partial charge in [0, 0.05) is 45.5 Å². The van der Waals surface area contributed by atoms with Crippen molar-refractivity contribution in [1.29, 1.82) is 0 Å². The number of piperazine rings is 1. The molecule has 1 aliphatic rings. The fourth-order valence-electron chi connectivity index (χ4n) is 3.26. The first-order chi connectivity index (χ1) is 14.0. The summed E-state index contributed by atoms with van der Waals surface area (Å²) in [5.74, 6) is 0.866. The monoisotopic (exact) mass is 530 g/mol. The minimum Gasteiger partial charge on any atom is -0.360 e. The zero-order chi connectivity index (χ0) is 21.2. The first-order valence-electron chi connectivity index (χ1n) is 10.4. The fraction of sp³-hybridized carbons (Fsp3) is 0.571. The maximum atomic E-state index is 12.4. The Balaban J connectivity index is 0.00000450. The number of amides is 2. The molecule has 0 bridgehead atoms. The van der Waals surface area contributed by atoms with Crippen molar-refractivity contribution in [2.24, 2.45) is 4.99 Å². The summed E-state index contributed by atoms with van der Waals surface area (Å²) in [7, 11) is 1.88. The molecule has 2 N–H and O–H groups in total. The molecule has 1 aliphatic heterocycles. The maximum Gasteiger partial charge on any atom is 0.242 e. The van der Waals surface area contributed by atoms with Crippen molar-refractivity contribution in [2.45, 2.75) is 27.3 Å². The van der Waals surface area contributed by atoms with Gasteiger partial charge in [0.15, 0.2) is 5.96 Å². The molecule has 2 amide bonds. The third kappa shape index (κ3) is 7.66. The molecular weight excluding hydrogens is 495 g/mol. The predicted molar refractivity (Wildman–Crippen MR) is 132 cm³/mol. The third-order valence-electron chi connectivity index (χ3n) is 4.94. The van der Waals surface area contributed by atoms with Gasteiger partial charge < -0.3 is 25.3 Å². The second kappa shape index (κ2) is 13.3. The summed E-state index contributed by atoms with van der Waals surface area (Å²) in [6, 6.07) is 8.14. The van der Waals surface area contributed by atoms with E-state index in [0.29, 0.717) is 45.2 Å². The molecule has 0 unspecified atom stereocenters. The van der Waals surface area contributed by atoms with Gasteiger partial charge in [-0.2, -0.15) is 0 Å². The molecule has 0 aliphatic carbocycles. The Morgan fingerprint density at radius 2 is 1.87 bits per heavy atom. The van der Waals surface area contributed by atoms with Gasteiger partial charge in [0.1, 0.15) is 0 Å². The fourth-order valence-corrected chi connectivity index (χ4v) is 3.26. The number of hydrogen-bond acceptors (Lipinski definition) is 4. The van der Waals surface area contributed by atoms with E-state index in [1.165, 1.54) is 0 Å². The highest BCUT2D eigenvalue weighted by molar-refractivity contribution is 14.0. The number of rotatable bonds is 8. The Hall–Kier alpha value is -2.04. The highest BCUT2D eigenvalue weighted by Gasteiger charge is 2.17. The van der Waals surface area contributed by atoms with Crippen LogP contribution in [-0.2, 0) is 16.1 Å². The lowest BCUT2D eigenvalue weighted by molar-refractivity contribution is -0.131. The van der Waals surface area contributed by atoms with E-state index in [1.54, 1.807) is 0 Å². The minimum atomic E-state index is 0. The van der Waals surface area contributed by atoms with Crippen molar-refractivity contribution in [1.82, 2.24) is 20.4 Å². The molecule has 2 rings (SSSR count). The van der Waals surface area contributed by atoms with Crippen LogP contribution in [0.15, 0.2) is 29.3 Å². The SMILES string of the molecule is CCNC(=NCc1ccc(N2CCNC(=O)C2)cc1)N(C)CC(=O)N(CC)CC.I. The number of carbonyl (C=O) groups excluding carboxylic acids is 2. The molecule has 0 atom stereocenters. The van der Waals surface area contributed by atoms with E-state index in [9.17, 15) is 9.59 Å². The highest BCUT2D eigenvalue weighted by atomic mass is 127. The zero-order valence-corrected chi connectivity index (χ0v) is 20.8. The molecule has 0 saturated carbocycles. The number of guanidine groups is 1. The zero-order valence-electron chi connectivity index (χ0n) is 18.5. The molecule has 1 aromatic rings. The van der Waals surface area contributed by atoms with E-state index in [-0.39, 0.29) is 35.8 Å². The van der Waals surface area contributed by atoms with E-state index in [1.807, 2.05) is 61.9 Å². The number of nitrogens with zero attached hydrogens (tertiary/aromatic N) is 4. The van der Waals surface area contributed by atoms with Crippen LogP contribution in [0.5, 0.6) is 0 Å². The van der Waals surface area contributed by atoms with Crippen molar-refractivity contribution in [2.75, 3.05) is 57.8 Å². The summed E-state index contributed by atoms with van der Waals surface area (Å²) in [6.07, 6.45) is 0. The van der Waals surface area contributed by atoms with Crippen LogP contribution in [0, 0.1) is 0 Å². The smallest absolute Gasteiger partial charge is 0.242 e. The molecule has 0 spiro atoms. The molecule has 1 fully saturated rings. The first-order valence-corrected chi connectivity index (χ1v) is 10.4. The van der Waals surface area contributed by atoms with Crippen LogP contribution in [0.3, 0.4) is 0 Å². The molecule has 168 valence electrons. The number of hydrogen-bond donors (Lipinski definition) is 2. The van der Waals surface area contributed by atoms with Crippen LogP contribution in [0.25, 0.3) is 0 Å². The van der Waals surface area contributed by atoms with Crippen LogP contribution in [-0.4, -0.2) is 80.4 Å². The van der Waals surface area contributed by atoms with Gasteiger partial charge in [0.05, 0.1) is 19.6 Å². The molecule has 1 heterocycles. The van der Waals surface area contributed by atoms with Crippen molar-refractivity contribution in [3.8, 4) is 0 Å². The second-order valence-corrected chi connectivity index (χ2v) is 7.03. The van der Waals surface area contributed by atoms with Gasteiger partial charge in [-0.05, 0) is 38.5 Å². The van der Waals surface area contributed by atoms with E-state index in [2.05, 4.69) is 20.5 Å². The molecule has 0 radical (unpaired) electrons. The normalized spacial score (nSPS) is 13.9. The van der Waals surface area contributed by atoms with Crippen molar-refractivity contribution in [3.63, 3.8) is 0 Å². The lowest BCUT2D eigenvalue weighted by Crippen LogP contribution is -2.47. The summed E-state index contributed by atoms with van der Waals surface area (Å²) in [5, 5.41) is 6.09. The summed E-state index contributed by atoms with van der Waals surface area (Å²) >= 11 is 0. The number of likely N-dealkylation sites (N-methyl/N-ethyl adjacent to an activating group) is 2. The Morgan fingerprint density at radius 3 is 2.43 bits per heavy atom. The predicted octanol–water partition coefficient (Wildman–Crippen LogP) is 1.51. The highest BCUT2D eigenvalue weighted by Crippen LogP contribution is 2.16. The van der Waals surface area contributed by atoms with Gasteiger partial charge in [-0.15, -0.1) is 24.0 Å². The minimum absolute atomic E-state index is 0. The van der Waals surface area contributed by atoms with Gasteiger partial charge in [-0.25, -0.2) is 4.99 Å². The van der Waals surface area contributed by atoms with E-state index >= 15 is 0 Å². The number of anilines is 1. The average molecular weight is 530 g/mol. The van der Waals surface area contributed by atoms with Gasteiger partial charge in [0.2, 0.25) is 11.8 Å². The molecule has 1 saturated heterocycles. The molecule has 8 nitrogen and oxygen atoms in total. The Labute approximate surface area is 197 Å². The Morgan fingerprint density at radius 1 is 1.20 bits per heavy atom. The molecule has 1 aromatic carbocycles. The van der Waals surface area contributed by atoms with Crippen molar-refractivity contribution in [3.05, 3.63) is 29.8 Å². The molecule has 0 aromatic heterocycles. The van der Waals surface area contributed by atoms with Crippen molar-refractivity contribution < 1.29 is 9.59 Å². The number of halogens is 1. The molecule has 30 heavy (non-hydrogen) atoms. The average Bonchev–Trinajstić information content (AvgIpc) is 2.72. The maximum absolute atomic E-state index is 12.4. The summed E-state index contributed by atoms with van der Waals surface area (Å²) in [5.41, 5.74) is 2.12. The Kier molecular flexibility index (Phi) is 11.5. The molecule has 9 heteroatoms. The van der Waals surface area contributed by atoms with Crippen LogP contribution in [0.2, 0.25) is 0 Å². The third-order valence-corrected chi connectivity index (χ3v) is 4.94. The lowest BCUT2D eigenvalue weighted by atomic mass is 10.2. The van der Waals surface area contributed by atoms with Gasteiger partial charge in [0.25, 0.3) is 0 Å². The number of carbonyl (C=O) groups is 2. The topological polar surface area (TPSA) is 80.3 Å². The Bertz CT molecular complexity index is 706. The first kappa shape index (κ1) is 26.0. The van der Waals surface area contributed by atoms with Gasteiger partial charge >= 0.3 is 0 Å². The van der Waals surface area contributed by atoms with Crippen LogP contribution in [0.1, 0.15) is 26.3 Å². The van der Waals surface area contributed by atoms with Gasteiger partial charge in [-0.1, -0.05) is 12.1 Å². The standard InChI is InChI=1S/C21H34N6O2.HI/c1-5-22-21(25(4)16-20(29)26(6-2)7-3)24-14-17-8-10-18(11-9-17)27-13-12-23-19(28)15-27;/h8-11H,5-7,12-16H2,1-4H3,(H,22,24)(H,23,28);1H. The van der Waals surface area contributed by atoms with Crippen molar-refractivity contribution >= 4 is 47.4 Å². The van der Waals surface area contributed by atoms with Crippen LogP contribution < -0.4 is 15.5 Å². The van der Waals surface area contributed by atoms with E-state index < -0.39 is 0 Å². The van der Waals surface area contributed by atoms with E-state index in [0.717, 1.165) is 24.3 Å². The van der Waals surface area contributed by atoms with Gasteiger partial charge in [-0.3, -0.25) is 9.59 Å². The molecular formula is C21H35IN6O2. The van der Waals surface area contributed by atoms with E-state index in [4.69, 9.17) is 0 Å². The summed E-state index contributed by atoms with van der Waals surface area (Å²) in [6.45, 7) is 10.8. The van der Waals surface area contributed by atoms with Crippen LogP contribution >= 0.6 is 24.0 Å². The number of benzene rings is 1. The number of aliphatic imine (C=N–C) groups is 1. The summed E-state index contributed by atoms with van der Waals surface area (Å²) < 4.78 is 0. The quantitative estimate of drug-likeness (QED) is 0.303. The largest absolute Gasteiger partial charge is 0.360 e. The lowest BCUT2D eigenvalue weighted by Gasteiger charge is -2.28. The summed E-state index contributed by atoms with van der Waals surface area (Å²) in [4.78, 5) is 34.4.